The molecule has 2 aliphatic rings. The number of ether oxygens (including phenoxy) is 1. The van der Waals surface area contributed by atoms with Crippen molar-refractivity contribution in [2.75, 3.05) is 13.2 Å². The second kappa shape index (κ2) is 13.2. The van der Waals surface area contributed by atoms with E-state index in [1.165, 1.54) is 6.42 Å². The molecule has 4 rings (SSSR count). The molecule has 2 unspecified atom stereocenters. The highest BCUT2D eigenvalue weighted by Crippen LogP contribution is 2.24. The maximum absolute atomic E-state index is 13.7. The van der Waals surface area contributed by atoms with E-state index in [9.17, 15) is 19.5 Å². The number of rotatable bonds is 10. The van der Waals surface area contributed by atoms with E-state index >= 15 is 0 Å². The molecule has 0 radical (unpaired) electrons. The van der Waals surface area contributed by atoms with Crippen molar-refractivity contribution in [1.82, 2.24) is 15.5 Å². The smallest absolute Gasteiger partial charge is 0.258 e. The summed E-state index contributed by atoms with van der Waals surface area (Å²) in [4.78, 5) is 40.9. The maximum atomic E-state index is 13.7. The standard InChI is InChI=1S/C29H37N3O5/c33-26(20-37-23-15-8-3-9-16-23)31-24(19-21-11-4-1-5-12-21)29(36)32-18-10-17-25(32)27(34)28(35)30-22-13-6-2-7-14-22/h1,3-5,8-9,11-12,15-16,22,24-25,27,34H,2,6-7,10,13-14,17-20H2,(H,30,35)(H,31,33)/t24-,25?,27?/m0/s1. The van der Waals surface area contributed by atoms with Gasteiger partial charge in [0.1, 0.15) is 11.8 Å². The number of nitrogens with one attached hydrogen (secondary N) is 2. The minimum atomic E-state index is -1.30. The van der Waals surface area contributed by atoms with Gasteiger partial charge in [-0.05, 0) is 43.4 Å². The van der Waals surface area contributed by atoms with Gasteiger partial charge in [-0.2, -0.15) is 0 Å². The molecule has 0 aromatic heterocycles. The molecule has 2 aromatic rings. The Morgan fingerprint density at radius 3 is 2.30 bits per heavy atom. The Kier molecular flexibility index (Phi) is 9.54. The summed E-state index contributed by atoms with van der Waals surface area (Å²) in [6, 6.07) is 17.1. The number of likely N-dealkylation sites (tertiary alicyclic amines) is 1. The van der Waals surface area contributed by atoms with Crippen LogP contribution in [0.1, 0.15) is 50.5 Å². The van der Waals surface area contributed by atoms with Crippen LogP contribution in [0, 0.1) is 0 Å². The van der Waals surface area contributed by atoms with Crippen LogP contribution < -0.4 is 15.4 Å². The molecule has 0 spiro atoms. The third kappa shape index (κ3) is 7.55. The first-order valence-corrected chi connectivity index (χ1v) is 13.3. The number of aliphatic hydroxyl groups is 1. The lowest BCUT2D eigenvalue weighted by molar-refractivity contribution is -0.143. The van der Waals surface area contributed by atoms with Crippen LogP contribution in [0.2, 0.25) is 0 Å². The molecule has 8 heteroatoms. The number of nitrogens with zero attached hydrogens (tertiary/aromatic N) is 1. The van der Waals surface area contributed by atoms with E-state index in [0.29, 0.717) is 31.6 Å². The van der Waals surface area contributed by atoms with Crippen molar-refractivity contribution < 1.29 is 24.2 Å². The molecule has 2 fully saturated rings. The van der Waals surface area contributed by atoms with Gasteiger partial charge in [0, 0.05) is 19.0 Å². The van der Waals surface area contributed by atoms with Gasteiger partial charge < -0.3 is 25.4 Å². The first kappa shape index (κ1) is 26.7. The van der Waals surface area contributed by atoms with Crippen molar-refractivity contribution >= 4 is 17.7 Å². The summed E-state index contributed by atoms with van der Waals surface area (Å²) in [5.41, 5.74) is 0.900. The summed E-state index contributed by atoms with van der Waals surface area (Å²) in [5, 5.41) is 16.7. The van der Waals surface area contributed by atoms with E-state index in [0.717, 1.165) is 31.2 Å². The van der Waals surface area contributed by atoms with Crippen molar-refractivity contribution in [1.29, 1.82) is 0 Å². The summed E-state index contributed by atoms with van der Waals surface area (Å²) in [7, 11) is 0. The van der Waals surface area contributed by atoms with Crippen LogP contribution in [0.15, 0.2) is 60.7 Å². The summed E-state index contributed by atoms with van der Waals surface area (Å²) >= 11 is 0. The fraction of sp³-hybridized carbons (Fsp3) is 0.483. The van der Waals surface area contributed by atoms with Crippen LogP contribution in [0.3, 0.4) is 0 Å². The van der Waals surface area contributed by atoms with Gasteiger partial charge in [0.25, 0.3) is 11.8 Å². The Morgan fingerprint density at radius 1 is 0.919 bits per heavy atom. The Balaban J connectivity index is 1.42. The highest BCUT2D eigenvalue weighted by Gasteiger charge is 2.40. The van der Waals surface area contributed by atoms with Crippen molar-refractivity contribution in [2.45, 2.75) is 75.6 Å². The van der Waals surface area contributed by atoms with Gasteiger partial charge in [-0.1, -0.05) is 67.8 Å². The molecule has 1 heterocycles. The second-order valence-corrected chi connectivity index (χ2v) is 9.94. The number of para-hydroxylation sites is 1. The zero-order valence-electron chi connectivity index (χ0n) is 21.2. The van der Waals surface area contributed by atoms with E-state index in [4.69, 9.17) is 4.74 Å². The van der Waals surface area contributed by atoms with Gasteiger partial charge in [0.2, 0.25) is 5.91 Å². The third-order valence-electron chi connectivity index (χ3n) is 7.20. The Labute approximate surface area is 218 Å². The number of benzene rings is 2. The van der Waals surface area contributed by atoms with Gasteiger partial charge in [0.05, 0.1) is 6.04 Å². The molecule has 1 saturated carbocycles. The topological polar surface area (TPSA) is 108 Å². The minimum absolute atomic E-state index is 0.0798. The lowest BCUT2D eigenvalue weighted by atomic mass is 9.95. The predicted octanol–water partition coefficient (Wildman–Crippen LogP) is 2.59. The molecular weight excluding hydrogens is 470 g/mol. The molecule has 1 aliphatic carbocycles. The Morgan fingerprint density at radius 2 is 1.59 bits per heavy atom. The quantitative estimate of drug-likeness (QED) is 0.458. The second-order valence-electron chi connectivity index (χ2n) is 9.94. The predicted molar refractivity (Wildman–Crippen MR) is 140 cm³/mol. The number of aliphatic hydroxyl groups excluding tert-OH is 1. The SMILES string of the molecule is O=C(COc1ccccc1)N[C@@H](Cc1ccccc1)C(=O)N1CCCC1C(O)C(=O)NC1CCCCC1. The molecule has 1 aliphatic heterocycles. The monoisotopic (exact) mass is 507 g/mol. The van der Waals surface area contributed by atoms with Gasteiger partial charge >= 0.3 is 0 Å². The average Bonchev–Trinajstić information content (AvgIpc) is 3.42. The fourth-order valence-electron chi connectivity index (χ4n) is 5.25. The molecule has 37 heavy (non-hydrogen) atoms. The summed E-state index contributed by atoms with van der Waals surface area (Å²) in [6.07, 6.45) is 5.37. The van der Waals surface area contributed by atoms with Gasteiger partial charge in [-0.3, -0.25) is 14.4 Å². The third-order valence-corrected chi connectivity index (χ3v) is 7.20. The van der Waals surface area contributed by atoms with E-state index in [-0.39, 0.29) is 18.6 Å². The number of hydrogen-bond acceptors (Lipinski definition) is 5. The molecule has 2 aromatic carbocycles. The van der Waals surface area contributed by atoms with Crippen LogP contribution in [-0.4, -0.2) is 65.1 Å². The van der Waals surface area contributed by atoms with Crippen molar-refractivity contribution in [3.8, 4) is 5.75 Å². The highest BCUT2D eigenvalue weighted by molar-refractivity contribution is 5.90. The number of carbonyl (C=O) groups is 3. The van der Waals surface area contributed by atoms with Gasteiger partial charge in [-0.25, -0.2) is 0 Å². The Bertz CT molecular complexity index is 1030. The van der Waals surface area contributed by atoms with Crippen LogP contribution in [0.4, 0.5) is 0 Å². The summed E-state index contributed by atoms with van der Waals surface area (Å²) < 4.78 is 5.56. The molecule has 3 N–H and O–H groups in total. The summed E-state index contributed by atoms with van der Waals surface area (Å²) in [6.45, 7) is 0.206. The fourth-order valence-corrected chi connectivity index (χ4v) is 5.25. The minimum Gasteiger partial charge on any atom is -0.484 e. The van der Waals surface area contributed by atoms with Crippen LogP contribution in [0.25, 0.3) is 0 Å². The first-order valence-electron chi connectivity index (χ1n) is 13.3. The molecule has 1 saturated heterocycles. The highest BCUT2D eigenvalue weighted by atomic mass is 16.5. The molecule has 0 bridgehead atoms. The molecule has 3 amide bonds. The lowest BCUT2D eigenvalue weighted by Crippen LogP contribution is -2.56. The largest absolute Gasteiger partial charge is 0.484 e. The van der Waals surface area contributed by atoms with E-state index in [1.54, 1.807) is 17.0 Å². The lowest BCUT2D eigenvalue weighted by Gasteiger charge is -2.32. The molecule has 3 atom stereocenters. The van der Waals surface area contributed by atoms with E-state index in [1.807, 2.05) is 48.5 Å². The molecular formula is C29H37N3O5. The van der Waals surface area contributed by atoms with Crippen molar-refractivity contribution in [2.24, 2.45) is 0 Å². The van der Waals surface area contributed by atoms with Gasteiger partial charge in [-0.15, -0.1) is 0 Å². The average molecular weight is 508 g/mol. The van der Waals surface area contributed by atoms with Crippen molar-refractivity contribution in [3.63, 3.8) is 0 Å². The number of amides is 3. The van der Waals surface area contributed by atoms with E-state index < -0.39 is 30.0 Å². The van der Waals surface area contributed by atoms with Crippen LogP contribution >= 0.6 is 0 Å². The Hall–Kier alpha value is -3.39. The number of hydrogen-bond donors (Lipinski definition) is 3. The zero-order chi connectivity index (χ0) is 26.0. The summed E-state index contributed by atoms with van der Waals surface area (Å²) in [5.74, 6) is -0.569. The van der Waals surface area contributed by atoms with Crippen LogP contribution in [0.5, 0.6) is 5.75 Å². The molecule has 8 nitrogen and oxygen atoms in total. The maximum Gasteiger partial charge on any atom is 0.258 e. The van der Waals surface area contributed by atoms with E-state index in [2.05, 4.69) is 10.6 Å². The van der Waals surface area contributed by atoms with Crippen molar-refractivity contribution in [3.05, 3.63) is 66.2 Å². The zero-order valence-corrected chi connectivity index (χ0v) is 21.2. The number of carbonyl (C=O) groups excluding carboxylic acids is 3. The molecule has 198 valence electrons. The van der Waals surface area contributed by atoms with Crippen LogP contribution in [-0.2, 0) is 20.8 Å². The first-order chi connectivity index (χ1) is 18.0. The normalized spacial score (nSPS) is 19.6. The van der Waals surface area contributed by atoms with Gasteiger partial charge in [0.15, 0.2) is 12.7 Å².